The first-order valence-corrected chi connectivity index (χ1v) is 11.6. The number of nitrogens with one attached hydrogen (secondary N) is 2. The number of carbonyl (C=O) groups is 1. The second-order valence-corrected chi connectivity index (χ2v) is 8.58. The van der Waals surface area contributed by atoms with Crippen molar-refractivity contribution in [3.05, 3.63) is 83.4 Å². The number of amides is 1. The van der Waals surface area contributed by atoms with E-state index in [1.807, 2.05) is 25.1 Å². The molecule has 5 rings (SSSR count). The molecule has 0 saturated heterocycles. The number of benzene rings is 1. The maximum absolute atomic E-state index is 13.1. The van der Waals surface area contributed by atoms with Crippen LogP contribution in [0, 0.1) is 6.92 Å². The van der Waals surface area contributed by atoms with Crippen LogP contribution >= 0.6 is 0 Å². The zero-order chi connectivity index (χ0) is 26.6. The third kappa shape index (κ3) is 5.58. The Morgan fingerprint density at radius 3 is 2.89 bits per heavy atom. The molecule has 1 amide bonds. The number of aliphatic hydroxyl groups is 1. The van der Waals surface area contributed by atoms with Gasteiger partial charge in [0.15, 0.2) is 0 Å². The van der Waals surface area contributed by atoms with Gasteiger partial charge in [0.25, 0.3) is 12.3 Å². The van der Waals surface area contributed by atoms with Crippen molar-refractivity contribution < 1.29 is 27.9 Å². The Balaban J connectivity index is 1.28. The van der Waals surface area contributed by atoms with Crippen LogP contribution in [0.3, 0.4) is 0 Å². The summed E-state index contributed by atoms with van der Waals surface area (Å²) in [4.78, 5) is 21.5. The molecule has 4 aromatic heterocycles. The first kappa shape index (κ1) is 25.2. The summed E-state index contributed by atoms with van der Waals surface area (Å²) >= 11 is 0. The summed E-state index contributed by atoms with van der Waals surface area (Å²) in [6.07, 6.45) is -0.381. The fourth-order valence-electron chi connectivity index (χ4n) is 3.73. The number of hydrogen-bond acceptors (Lipinski definition) is 8. The van der Waals surface area contributed by atoms with Crippen molar-refractivity contribution in [2.45, 2.75) is 39.1 Å². The van der Waals surface area contributed by atoms with E-state index < -0.39 is 19.0 Å². The van der Waals surface area contributed by atoms with Gasteiger partial charge in [-0.3, -0.25) is 14.3 Å². The highest BCUT2D eigenvalue weighted by molar-refractivity contribution is 6.04. The van der Waals surface area contributed by atoms with E-state index in [2.05, 4.69) is 30.6 Å². The number of hydrogen-bond donors (Lipinski definition) is 3. The quantitative estimate of drug-likeness (QED) is 0.252. The minimum Gasteiger partial charge on any atom is -0.387 e. The maximum atomic E-state index is 13.1. The van der Waals surface area contributed by atoms with Gasteiger partial charge < -0.3 is 19.7 Å². The maximum Gasteiger partial charge on any atom is 0.274 e. The predicted molar refractivity (Wildman–Crippen MR) is 130 cm³/mol. The Labute approximate surface area is 214 Å². The average Bonchev–Trinajstić information content (AvgIpc) is 3.66. The van der Waals surface area contributed by atoms with Crippen molar-refractivity contribution in [3.8, 4) is 11.4 Å². The molecule has 0 unspecified atom stereocenters. The number of aliphatic hydroxyl groups excluding tert-OH is 1. The Morgan fingerprint density at radius 1 is 1.24 bits per heavy atom. The molecule has 13 heteroatoms. The third-order valence-corrected chi connectivity index (χ3v) is 5.78. The van der Waals surface area contributed by atoms with Crippen LogP contribution in [-0.4, -0.2) is 53.3 Å². The minimum absolute atomic E-state index is 0.115. The molecular formula is C25H23F2N7O4. The van der Waals surface area contributed by atoms with E-state index in [0.717, 1.165) is 16.8 Å². The van der Waals surface area contributed by atoms with Crippen molar-refractivity contribution in [2.24, 2.45) is 0 Å². The van der Waals surface area contributed by atoms with E-state index in [1.54, 1.807) is 35.0 Å². The number of halogens is 2. The van der Waals surface area contributed by atoms with Crippen LogP contribution in [0.15, 0.2) is 59.5 Å². The van der Waals surface area contributed by atoms with Gasteiger partial charge in [-0.15, -0.1) is 0 Å². The lowest BCUT2D eigenvalue weighted by Gasteiger charge is -2.10. The number of H-pyrrole nitrogens is 1. The fraction of sp³-hybridized carbons (Fsp3) is 0.240. The molecule has 0 spiro atoms. The number of alkyl halides is 2. The number of nitrogens with zero attached hydrogens (tertiary/aromatic N) is 5. The molecule has 0 saturated carbocycles. The van der Waals surface area contributed by atoms with Crippen molar-refractivity contribution in [1.82, 2.24) is 29.7 Å². The highest BCUT2D eigenvalue weighted by Crippen LogP contribution is 2.25. The molecule has 5 aromatic rings. The van der Waals surface area contributed by atoms with E-state index in [9.17, 15) is 18.7 Å². The van der Waals surface area contributed by atoms with E-state index >= 15 is 0 Å². The molecule has 196 valence electrons. The predicted octanol–water partition coefficient (Wildman–Crippen LogP) is 3.55. The van der Waals surface area contributed by atoms with Crippen LogP contribution in [0.5, 0.6) is 0 Å². The molecule has 0 radical (unpaired) electrons. The van der Waals surface area contributed by atoms with Gasteiger partial charge in [-0.2, -0.15) is 10.1 Å². The Bertz CT molecular complexity index is 1550. The van der Waals surface area contributed by atoms with Crippen LogP contribution in [0.4, 0.5) is 14.5 Å². The summed E-state index contributed by atoms with van der Waals surface area (Å²) in [5.74, 6) is -0.348. The lowest BCUT2D eigenvalue weighted by Crippen LogP contribution is -2.20. The SMILES string of the molecule is Cc1ccc(-c2noc(C[C@H](O)C(F)F)n2)cc1NC(=O)c1cnc2cc(COCc3ccn[nH]3)ccn12. The van der Waals surface area contributed by atoms with E-state index in [-0.39, 0.29) is 17.6 Å². The lowest BCUT2D eigenvalue weighted by molar-refractivity contribution is -0.00754. The molecule has 0 aliphatic rings. The van der Waals surface area contributed by atoms with Gasteiger partial charge >= 0.3 is 0 Å². The van der Waals surface area contributed by atoms with Crippen LogP contribution in [0.25, 0.3) is 17.0 Å². The summed E-state index contributed by atoms with van der Waals surface area (Å²) < 4.78 is 37.5. The summed E-state index contributed by atoms with van der Waals surface area (Å²) in [7, 11) is 0. The van der Waals surface area contributed by atoms with E-state index in [1.165, 1.54) is 6.20 Å². The molecule has 38 heavy (non-hydrogen) atoms. The monoisotopic (exact) mass is 523 g/mol. The number of rotatable bonds is 10. The molecule has 0 aliphatic heterocycles. The lowest BCUT2D eigenvalue weighted by atomic mass is 10.1. The molecule has 3 N–H and O–H groups in total. The molecular weight excluding hydrogens is 500 g/mol. The average molecular weight is 524 g/mol. The van der Waals surface area contributed by atoms with Gasteiger partial charge in [0.05, 0.1) is 31.5 Å². The number of aromatic nitrogens is 6. The van der Waals surface area contributed by atoms with E-state index in [0.29, 0.717) is 35.8 Å². The molecule has 11 nitrogen and oxygen atoms in total. The van der Waals surface area contributed by atoms with Gasteiger partial charge in [-0.05, 0) is 42.3 Å². The van der Waals surface area contributed by atoms with Gasteiger partial charge in [0, 0.05) is 23.6 Å². The van der Waals surface area contributed by atoms with Crippen LogP contribution < -0.4 is 5.32 Å². The van der Waals surface area contributed by atoms with Crippen LogP contribution in [0.2, 0.25) is 0 Å². The number of aryl methyl sites for hydroxylation is 1. The zero-order valence-electron chi connectivity index (χ0n) is 20.1. The molecule has 0 fully saturated rings. The number of anilines is 1. The molecule has 0 bridgehead atoms. The van der Waals surface area contributed by atoms with Gasteiger partial charge in [0.2, 0.25) is 11.7 Å². The number of pyridine rings is 1. The Morgan fingerprint density at radius 2 is 2.11 bits per heavy atom. The van der Waals surface area contributed by atoms with Crippen molar-refractivity contribution >= 4 is 17.2 Å². The van der Waals surface area contributed by atoms with Crippen LogP contribution in [0.1, 0.15) is 33.2 Å². The highest BCUT2D eigenvalue weighted by atomic mass is 19.3. The Kier molecular flexibility index (Phi) is 7.20. The molecule has 0 aliphatic carbocycles. The smallest absolute Gasteiger partial charge is 0.274 e. The summed E-state index contributed by atoms with van der Waals surface area (Å²) in [6.45, 7) is 2.59. The molecule has 1 aromatic carbocycles. The normalized spacial score (nSPS) is 12.3. The van der Waals surface area contributed by atoms with Gasteiger partial charge in [0.1, 0.15) is 17.4 Å². The number of aromatic amines is 1. The largest absolute Gasteiger partial charge is 0.387 e. The fourth-order valence-corrected chi connectivity index (χ4v) is 3.73. The zero-order valence-corrected chi connectivity index (χ0v) is 20.1. The van der Waals surface area contributed by atoms with Gasteiger partial charge in [-0.1, -0.05) is 17.3 Å². The van der Waals surface area contributed by atoms with Crippen molar-refractivity contribution in [3.63, 3.8) is 0 Å². The number of carbonyl (C=O) groups excluding carboxylic acids is 1. The first-order valence-electron chi connectivity index (χ1n) is 11.6. The summed E-state index contributed by atoms with van der Waals surface area (Å²) in [5, 5.41) is 22.7. The van der Waals surface area contributed by atoms with Crippen molar-refractivity contribution in [1.29, 1.82) is 0 Å². The van der Waals surface area contributed by atoms with E-state index in [4.69, 9.17) is 9.26 Å². The second kappa shape index (κ2) is 10.9. The summed E-state index contributed by atoms with van der Waals surface area (Å²) in [5.41, 5.74) is 4.49. The second-order valence-electron chi connectivity index (χ2n) is 8.58. The summed E-state index contributed by atoms with van der Waals surface area (Å²) in [6, 6.07) is 10.7. The Hall–Kier alpha value is -4.49. The topological polar surface area (TPSA) is 143 Å². The molecule has 4 heterocycles. The first-order chi connectivity index (χ1) is 18.4. The molecule has 1 atom stereocenters. The van der Waals surface area contributed by atoms with Gasteiger partial charge in [-0.25, -0.2) is 13.8 Å². The standard InChI is InChI=1S/C25H23F2N7O4/c1-14-2-3-16(24-31-22(38-33-24)10-20(35)23(26)27)9-18(14)30-25(36)19-11-28-21-8-15(5-7-34(19)21)12-37-13-17-4-6-29-32-17/h2-9,11,20,23,35H,10,12-13H2,1H3,(H,29,32)(H,30,36)/t20-/m0/s1. The number of ether oxygens (including phenoxy) is 1. The highest BCUT2D eigenvalue weighted by Gasteiger charge is 2.21. The third-order valence-electron chi connectivity index (χ3n) is 5.78. The van der Waals surface area contributed by atoms with Crippen LogP contribution in [-0.2, 0) is 24.4 Å². The minimum atomic E-state index is -2.92. The van der Waals surface area contributed by atoms with Crippen molar-refractivity contribution in [2.75, 3.05) is 5.32 Å². The number of fused-ring (bicyclic) bond motifs is 1. The number of imidazole rings is 1.